The van der Waals surface area contributed by atoms with Gasteiger partial charge in [0.1, 0.15) is 5.75 Å². The number of aryl methyl sites for hydroxylation is 1. The van der Waals surface area contributed by atoms with E-state index >= 15 is 0 Å². The van der Waals surface area contributed by atoms with Crippen LogP contribution < -0.4 is 5.84 Å². The maximum atomic E-state index is 9.52. The lowest BCUT2D eigenvalue weighted by atomic mass is 10.1. The van der Waals surface area contributed by atoms with Gasteiger partial charge in [0.15, 0.2) is 0 Å². The highest BCUT2D eigenvalue weighted by molar-refractivity contribution is 5.85. The molecule has 5 nitrogen and oxygen atoms in total. The van der Waals surface area contributed by atoms with Crippen LogP contribution in [0.2, 0.25) is 0 Å². The first-order chi connectivity index (χ1) is 6.20. The minimum atomic E-state index is -0.206. The monoisotopic (exact) mass is 181 g/mol. The summed E-state index contributed by atoms with van der Waals surface area (Å²) >= 11 is 0. The normalized spacial score (nSPS) is 10.9. The number of aliphatic hydroxyl groups excluding tert-OH is 1. The zero-order valence-corrected chi connectivity index (χ0v) is 7.23. The summed E-state index contributed by atoms with van der Waals surface area (Å²) in [7, 11) is 0. The molecule has 0 unspecified atom stereocenters. The lowest BCUT2D eigenvalue weighted by Crippen LogP contribution is -1.99. The highest BCUT2D eigenvalue weighted by Gasteiger charge is 2.08. The number of nitrogens with two attached hydrogens (primary N) is 1. The van der Waals surface area contributed by atoms with E-state index in [0.29, 0.717) is 16.8 Å². The minimum Gasteiger partial charge on any atom is -0.505 e. The summed E-state index contributed by atoms with van der Waals surface area (Å²) in [6.45, 7) is 1.45. The number of pyridine rings is 1. The average Bonchev–Trinajstić information content (AvgIpc) is 2.14. The highest BCUT2D eigenvalue weighted by Crippen LogP contribution is 2.21. The van der Waals surface area contributed by atoms with Crippen LogP contribution in [0.25, 0.3) is 0 Å². The number of hydrazone groups is 1. The maximum Gasteiger partial charge on any atom is 0.145 e. The Morgan fingerprint density at radius 3 is 2.92 bits per heavy atom. The third-order valence-corrected chi connectivity index (χ3v) is 1.73. The molecule has 0 amide bonds. The summed E-state index contributed by atoms with van der Waals surface area (Å²) in [5, 5.41) is 21.7. The molecule has 5 heteroatoms. The fraction of sp³-hybridized carbons (Fsp3) is 0.250. The van der Waals surface area contributed by atoms with E-state index in [4.69, 9.17) is 10.9 Å². The zero-order chi connectivity index (χ0) is 9.84. The fourth-order valence-corrected chi connectivity index (χ4v) is 0.997. The molecule has 70 valence electrons. The molecule has 0 bridgehead atoms. The van der Waals surface area contributed by atoms with Gasteiger partial charge in [-0.05, 0) is 6.92 Å². The van der Waals surface area contributed by atoms with Crippen LogP contribution in [-0.4, -0.2) is 21.4 Å². The summed E-state index contributed by atoms with van der Waals surface area (Å²) in [4.78, 5) is 3.88. The van der Waals surface area contributed by atoms with Gasteiger partial charge in [-0.3, -0.25) is 4.98 Å². The third kappa shape index (κ3) is 1.75. The van der Waals surface area contributed by atoms with Crippen LogP contribution >= 0.6 is 0 Å². The Balaban J connectivity index is 3.32. The van der Waals surface area contributed by atoms with Gasteiger partial charge in [-0.1, -0.05) is 0 Å². The summed E-state index contributed by atoms with van der Waals surface area (Å²) in [6, 6.07) is 0. The molecule has 0 fully saturated rings. The lowest BCUT2D eigenvalue weighted by Gasteiger charge is -2.05. The summed E-state index contributed by atoms with van der Waals surface area (Å²) in [6.07, 6.45) is 2.77. The SMILES string of the molecule is Cc1ncc(CO)c(/C=N/N)c1O. The van der Waals surface area contributed by atoms with E-state index in [-0.39, 0.29) is 12.4 Å². The van der Waals surface area contributed by atoms with Crippen molar-refractivity contribution in [3.05, 3.63) is 23.0 Å². The van der Waals surface area contributed by atoms with Crippen LogP contribution in [-0.2, 0) is 6.61 Å². The van der Waals surface area contributed by atoms with Crippen molar-refractivity contribution in [1.29, 1.82) is 0 Å². The van der Waals surface area contributed by atoms with Crippen molar-refractivity contribution in [2.45, 2.75) is 13.5 Å². The largest absolute Gasteiger partial charge is 0.505 e. The maximum absolute atomic E-state index is 9.52. The van der Waals surface area contributed by atoms with E-state index < -0.39 is 0 Å². The molecule has 0 atom stereocenters. The van der Waals surface area contributed by atoms with Crippen molar-refractivity contribution in [1.82, 2.24) is 4.98 Å². The first-order valence-corrected chi connectivity index (χ1v) is 3.72. The summed E-state index contributed by atoms with van der Waals surface area (Å²) in [5.41, 5.74) is 1.39. The van der Waals surface area contributed by atoms with Gasteiger partial charge in [0, 0.05) is 17.3 Å². The Labute approximate surface area is 75.5 Å². The first kappa shape index (κ1) is 9.47. The van der Waals surface area contributed by atoms with E-state index in [2.05, 4.69) is 10.1 Å². The van der Waals surface area contributed by atoms with Crippen molar-refractivity contribution in [2.24, 2.45) is 10.9 Å². The smallest absolute Gasteiger partial charge is 0.145 e. The van der Waals surface area contributed by atoms with Crippen molar-refractivity contribution in [3.8, 4) is 5.75 Å². The van der Waals surface area contributed by atoms with Gasteiger partial charge in [-0.25, -0.2) is 0 Å². The molecule has 1 rings (SSSR count). The topological polar surface area (TPSA) is 91.7 Å². The van der Waals surface area contributed by atoms with E-state index in [9.17, 15) is 5.11 Å². The number of nitrogens with zero attached hydrogens (tertiary/aromatic N) is 2. The number of hydrogen-bond acceptors (Lipinski definition) is 5. The predicted molar refractivity (Wildman–Crippen MR) is 48.3 cm³/mol. The van der Waals surface area contributed by atoms with Crippen LogP contribution in [0, 0.1) is 6.92 Å². The van der Waals surface area contributed by atoms with E-state index in [1.54, 1.807) is 6.92 Å². The molecule has 13 heavy (non-hydrogen) atoms. The Morgan fingerprint density at radius 1 is 1.69 bits per heavy atom. The quantitative estimate of drug-likeness (QED) is 0.337. The number of rotatable bonds is 2. The number of aromatic nitrogens is 1. The molecular weight excluding hydrogens is 170 g/mol. The number of aliphatic hydroxyl groups is 1. The second-order valence-corrected chi connectivity index (χ2v) is 2.57. The van der Waals surface area contributed by atoms with E-state index in [0.717, 1.165) is 0 Å². The van der Waals surface area contributed by atoms with Gasteiger partial charge in [0.25, 0.3) is 0 Å². The Hall–Kier alpha value is -1.62. The fourth-order valence-electron chi connectivity index (χ4n) is 0.997. The summed E-state index contributed by atoms with van der Waals surface area (Å²) in [5.74, 6) is 4.96. The number of aromatic hydroxyl groups is 1. The second-order valence-electron chi connectivity index (χ2n) is 2.57. The molecule has 0 saturated carbocycles. The highest BCUT2D eigenvalue weighted by atomic mass is 16.3. The molecule has 0 aromatic carbocycles. The molecule has 0 aliphatic rings. The van der Waals surface area contributed by atoms with Crippen molar-refractivity contribution in [3.63, 3.8) is 0 Å². The Bertz CT molecular complexity index is 336. The Morgan fingerprint density at radius 2 is 2.38 bits per heavy atom. The Kier molecular flexibility index (Phi) is 2.81. The molecular formula is C8H11N3O2. The van der Waals surface area contributed by atoms with E-state index in [1.165, 1.54) is 12.4 Å². The van der Waals surface area contributed by atoms with Gasteiger partial charge in [-0.15, -0.1) is 0 Å². The first-order valence-electron chi connectivity index (χ1n) is 3.72. The predicted octanol–water partition coefficient (Wildman–Crippen LogP) is -0.119. The average molecular weight is 181 g/mol. The minimum absolute atomic E-state index is 0.000694. The van der Waals surface area contributed by atoms with E-state index in [1.807, 2.05) is 0 Å². The zero-order valence-electron chi connectivity index (χ0n) is 7.23. The van der Waals surface area contributed by atoms with Gasteiger partial charge in [-0.2, -0.15) is 5.10 Å². The standard InChI is InChI=1S/C8H11N3O2/c1-5-8(13)7(3-11-9)6(4-12)2-10-5/h2-3,12-13H,4,9H2,1H3/b11-3+. The molecule has 1 aromatic heterocycles. The molecule has 0 spiro atoms. The molecule has 4 N–H and O–H groups in total. The lowest BCUT2D eigenvalue weighted by molar-refractivity contribution is 0.280. The van der Waals surface area contributed by atoms with Gasteiger partial charge in [0.05, 0.1) is 18.5 Å². The van der Waals surface area contributed by atoms with Crippen LogP contribution in [0.4, 0.5) is 0 Å². The van der Waals surface area contributed by atoms with Crippen LogP contribution in [0.15, 0.2) is 11.3 Å². The van der Waals surface area contributed by atoms with Crippen molar-refractivity contribution < 1.29 is 10.2 Å². The molecule has 0 saturated heterocycles. The molecule has 1 heterocycles. The van der Waals surface area contributed by atoms with Gasteiger partial charge >= 0.3 is 0 Å². The van der Waals surface area contributed by atoms with Crippen LogP contribution in [0.1, 0.15) is 16.8 Å². The molecule has 0 aliphatic heterocycles. The number of hydrogen-bond donors (Lipinski definition) is 3. The molecule has 1 aromatic rings. The van der Waals surface area contributed by atoms with Crippen molar-refractivity contribution in [2.75, 3.05) is 0 Å². The van der Waals surface area contributed by atoms with Gasteiger partial charge in [0.2, 0.25) is 0 Å². The third-order valence-electron chi connectivity index (χ3n) is 1.73. The van der Waals surface area contributed by atoms with Gasteiger partial charge < -0.3 is 16.1 Å². The van der Waals surface area contributed by atoms with Crippen LogP contribution in [0.5, 0.6) is 5.75 Å². The molecule has 0 radical (unpaired) electrons. The molecule has 0 aliphatic carbocycles. The second kappa shape index (κ2) is 3.86. The van der Waals surface area contributed by atoms with Crippen molar-refractivity contribution >= 4 is 6.21 Å². The van der Waals surface area contributed by atoms with Crippen LogP contribution in [0.3, 0.4) is 0 Å². The summed E-state index contributed by atoms with van der Waals surface area (Å²) < 4.78 is 0.